The van der Waals surface area contributed by atoms with E-state index < -0.39 is 0 Å². The molecule has 0 aliphatic heterocycles. The van der Waals surface area contributed by atoms with Crippen molar-refractivity contribution in [1.29, 1.82) is 0 Å². The summed E-state index contributed by atoms with van der Waals surface area (Å²) in [5, 5.41) is 10.8. The molecule has 6 rings (SSSR count). The molecule has 8 nitrogen and oxygen atoms in total. The molecule has 0 aliphatic rings. The molecule has 5 aromatic heterocycles. The highest BCUT2D eigenvalue weighted by Gasteiger charge is 2.17. The number of aromatic nitrogens is 7. The predicted octanol–water partition coefficient (Wildman–Crippen LogP) is 6.10. The highest BCUT2D eigenvalue weighted by molar-refractivity contribution is 5.95. The molecule has 3 N–H and O–H groups in total. The van der Waals surface area contributed by atoms with Crippen LogP contribution in [0.1, 0.15) is 13.3 Å². The zero-order valence-corrected chi connectivity index (χ0v) is 19.4. The Labute approximate surface area is 205 Å². The Balaban J connectivity index is 1.43. The van der Waals surface area contributed by atoms with Crippen molar-refractivity contribution in [3.05, 3.63) is 85.2 Å². The van der Waals surface area contributed by atoms with Gasteiger partial charge < -0.3 is 10.3 Å². The lowest BCUT2D eigenvalue weighted by molar-refractivity contribution is 0.628. The number of fused-ring (bicyclic) bond motifs is 2. The lowest BCUT2D eigenvalue weighted by Gasteiger charge is -2.08. The SMILES string of the molecule is C=C(CC)Nc1cncc(-c2ccc3[nH]nc(-c4nc5c(-c6cccc(F)c6)ccnc5[nH]4)c3n2)c1. The number of halogens is 1. The van der Waals surface area contributed by atoms with Crippen LogP contribution in [0.25, 0.3) is 56.1 Å². The number of imidazole rings is 1. The van der Waals surface area contributed by atoms with Crippen LogP contribution in [0, 0.1) is 5.82 Å². The van der Waals surface area contributed by atoms with Crippen molar-refractivity contribution in [3.63, 3.8) is 0 Å². The number of benzene rings is 1. The lowest BCUT2D eigenvalue weighted by atomic mass is 10.1. The van der Waals surface area contributed by atoms with E-state index in [0.29, 0.717) is 28.2 Å². The van der Waals surface area contributed by atoms with Crippen LogP contribution < -0.4 is 5.32 Å². The molecule has 0 fully saturated rings. The molecule has 36 heavy (non-hydrogen) atoms. The van der Waals surface area contributed by atoms with Crippen LogP contribution in [0.3, 0.4) is 0 Å². The predicted molar refractivity (Wildman–Crippen MR) is 138 cm³/mol. The third-order valence-electron chi connectivity index (χ3n) is 5.93. The largest absolute Gasteiger partial charge is 0.358 e. The van der Waals surface area contributed by atoms with Crippen LogP contribution >= 0.6 is 0 Å². The molecular formula is C27H21FN8. The van der Waals surface area contributed by atoms with Gasteiger partial charge >= 0.3 is 0 Å². The van der Waals surface area contributed by atoms with Gasteiger partial charge in [-0.3, -0.25) is 10.1 Å². The standard InChI is InChI=1S/C27H21FN8/c1-3-15(2)31-19-12-17(13-29-14-19)21-7-8-22-24(32-21)25(36-35-22)27-33-23-20(9-10-30-26(23)34-27)16-5-4-6-18(28)11-16/h4-14,31H,2-3H2,1H3,(H,35,36)(H,30,33,34). The summed E-state index contributed by atoms with van der Waals surface area (Å²) in [7, 11) is 0. The summed E-state index contributed by atoms with van der Waals surface area (Å²) < 4.78 is 13.9. The molecular weight excluding hydrogens is 455 g/mol. The highest BCUT2D eigenvalue weighted by atomic mass is 19.1. The topological polar surface area (TPSA) is 108 Å². The number of hydrogen-bond donors (Lipinski definition) is 3. The normalized spacial score (nSPS) is 11.3. The average Bonchev–Trinajstić information content (AvgIpc) is 3.52. The first-order chi connectivity index (χ1) is 17.6. The summed E-state index contributed by atoms with van der Waals surface area (Å²) >= 11 is 0. The number of nitrogens with one attached hydrogen (secondary N) is 3. The van der Waals surface area contributed by atoms with Crippen LogP contribution in [0.4, 0.5) is 10.1 Å². The van der Waals surface area contributed by atoms with E-state index in [1.807, 2.05) is 37.3 Å². The third-order valence-corrected chi connectivity index (χ3v) is 5.93. The summed E-state index contributed by atoms with van der Waals surface area (Å²) in [6.07, 6.45) is 6.01. The first-order valence-electron chi connectivity index (χ1n) is 11.5. The van der Waals surface area contributed by atoms with Crippen molar-refractivity contribution in [3.8, 4) is 33.9 Å². The van der Waals surface area contributed by atoms with Gasteiger partial charge in [0.2, 0.25) is 0 Å². The number of allylic oxidation sites excluding steroid dienone is 1. The molecule has 0 atom stereocenters. The fraction of sp³-hybridized carbons (Fsp3) is 0.0741. The van der Waals surface area contributed by atoms with Crippen LogP contribution in [0.2, 0.25) is 0 Å². The van der Waals surface area contributed by atoms with E-state index in [0.717, 1.165) is 45.7 Å². The number of H-pyrrole nitrogens is 2. The summed E-state index contributed by atoms with van der Waals surface area (Å²) in [5.74, 6) is 0.209. The van der Waals surface area contributed by atoms with Gasteiger partial charge in [-0.05, 0) is 48.4 Å². The van der Waals surface area contributed by atoms with Crippen molar-refractivity contribution < 1.29 is 4.39 Å². The van der Waals surface area contributed by atoms with E-state index in [1.54, 1.807) is 24.7 Å². The summed E-state index contributed by atoms with van der Waals surface area (Å²) in [6, 6.07) is 14.1. The maximum Gasteiger partial charge on any atom is 0.162 e. The van der Waals surface area contributed by atoms with Crippen molar-refractivity contribution in [2.75, 3.05) is 5.32 Å². The van der Waals surface area contributed by atoms with Gasteiger partial charge in [0.1, 0.15) is 16.9 Å². The molecule has 0 radical (unpaired) electrons. The fourth-order valence-electron chi connectivity index (χ4n) is 4.08. The van der Waals surface area contributed by atoms with Gasteiger partial charge in [-0.25, -0.2) is 19.3 Å². The minimum atomic E-state index is -0.309. The zero-order chi connectivity index (χ0) is 24.6. The summed E-state index contributed by atoms with van der Waals surface area (Å²) in [4.78, 5) is 21.6. The molecule has 6 aromatic rings. The number of nitrogens with zero attached hydrogens (tertiary/aromatic N) is 5. The smallest absolute Gasteiger partial charge is 0.162 e. The molecule has 0 unspecified atom stereocenters. The Morgan fingerprint density at radius 2 is 1.94 bits per heavy atom. The second-order valence-electron chi connectivity index (χ2n) is 8.36. The summed E-state index contributed by atoms with van der Waals surface area (Å²) in [6.45, 7) is 6.04. The molecule has 176 valence electrons. The van der Waals surface area contributed by atoms with Crippen LogP contribution in [-0.2, 0) is 0 Å². The first-order valence-corrected chi connectivity index (χ1v) is 11.5. The Morgan fingerprint density at radius 3 is 2.81 bits per heavy atom. The minimum absolute atomic E-state index is 0.309. The van der Waals surface area contributed by atoms with Gasteiger partial charge in [-0.1, -0.05) is 25.6 Å². The fourth-order valence-corrected chi connectivity index (χ4v) is 4.08. The molecule has 0 aliphatic carbocycles. The maximum absolute atomic E-state index is 13.9. The molecule has 0 saturated carbocycles. The minimum Gasteiger partial charge on any atom is -0.358 e. The summed E-state index contributed by atoms with van der Waals surface area (Å²) in [5.41, 5.74) is 8.07. The maximum atomic E-state index is 13.9. The van der Waals surface area contributed by atoms with E-state index in [4.69, 9.17) is 9.97 Å². The molecule has 0 spiro atoms. The van der Waals surface area contributed by atoms with Crippen LogP contribution in [0.15, 0.2) is 79.4 Å². The molecule has 5 heterocycles. The van der Waals surface area contributed by atoms with E-state index >= 15 is 0 Å². The first kappa shape index (κ1) is 21.6. The lowest BCUT2D eigenvalue weighted by Crippen LogP contribution is -1.97. The Kier molecular flexibility index (Phi) is 5.22. The van der Waals surface area contributed by atoms with Crippen LogP contribution in [-0.4, -0.2) is 35.1 Å². The number of rotatable bonds is 6. The zero-order valence-electron chi connectivity index (χ0n) is 19.4. The Morgan fingerprint density at radius 1 is 1.03 bits per heavy atom. The molecule has 9 heteroatoms. The number of anilines is 1. The van der Waals surface area contributed by atoms with E-state index in [-0.39, 0.29) is 5.82 Å². The highest BCUT2D eigenvalue weighted by Crippen LogP contribution is 2.31. The van der Waals surface area contributed by atoms with Crippen molar-refractivity contribution in [2.45, 2.75) is 13.3 Å². The molecule has 0 amide bonds. The second-order valence-corrected chi connectivity index (χ2v) is 8.36. The number of aromatic amines is 2. The van der Waals surface area contributed by atoms with Crippen molar-refractivity contribution >= 4 is 27.9 Å². The van der Waals surface area contributed by atoms with Gasteiger partial charge in [0.25, 0.3) is 0 Å². The van der Waals surface area contributed by atoms with Gasteiger partial charge in [0.15, 0.2) is 17.2 Å². The number of hydrogen-bond acceptors (Lipinski definition) is 6. The molecule has 1 aromatic carbocycles. The van der Waals surface area contributed by atoms with E-state index in [1.165, 1.54) is 12.1 Å². The van der Waals surface area contributed by atoms with Crippen molar-refractivity contribution in [2.24, 2.45) is 0 Å². The van der Waals surface area contributed by atoms with Gasteiger partial charge in [-0.15, -0.1) is 0 Å². The average molecular weight is 477 g/mol. The van der Waals surface area contributed by atoms with E-state index in [9.17, 15) is 4.39 Å². The second kappa shape index (κ2) is 8.70. The van der Waals surface area contributed by atoms with Gasteiger partial charge in [0, 0.05) is 29.2 Å². The van der Waals surface area contributed by atoms with Crippen LogP contribution in [0.5, 0.6) is 0 Å². The third kappa shape index (κ3) is 3.86. The Hall–Kier alpha value is -4.92. The molecule has 0 bridgehead atoms. The quantitative estimate of drug-likeness (QED) is 0.268. The Bertz CT molecular complexity index is 1750. The van der Waals surface area contributed by atoms with Gasteiger partial charge in [0.05, 0.1) is 23.1 Å². The van der Waals surface area contributed by atoms with Gasteiger partial charge in [-0.2, -0.15) is 5.10 Å². The molecule has 0 saturated heterocycles. The van der Waals surface area contributed by atoms with E-state index in [2.05, 4.69) is 37.0 Å². The monoisotopic (exact) mass is 476 g/mol. The number of pyridine rings is 3. The van der Waals surface area contributed by atoms with Crippen molar-refractivity contribution in [1.82, 2.24) is 35.1 Å².